The van der Waals surface area contributed by atoms with E-state index in [1.54, 1.807) is 43.5 Å². The highest BCUT2D eigenvalue weighted by molar-refractivity contribution is 8.04. The van der Waals surface area contributed by atoms with Crippen LogP contribution in [0.4, 0.5) is 5.69 Å². The van der Waals surface area contributed by atoms with E-state index in [0.29, 0.717) is 32.5 Å². The Labute approximate surface area is 177 Å². The molecule has 0 aromatic heterocycles. The van der Waals surface area contributed by atoms with Crippen molar-refractivity contribution in [2.45, 2.75) is 4.90 Å². The minimum Gasteiger partial charge on any atom is -0.497 e. The number of rotatable bonds is 5. The second-order valence-corrected chi connectivity index (χ2v) is 7.79. The number of amides is 2. The Morgan fingerprint density at radius 1 is 0.828 bits per heavy atom. The van der Waals surface area contributed by atoms with Crippen molar-refractivity contribution >= 4 is 46.4 Å². The maximum absolute atomic E-state index is 13.3. The normalized spacial score (nSPS) is 13.9. The molecule has 3 aromatic carbocycles. The monoisotopic (exact) mass is 421 g/mol. The van der Waals surface area contributed by atoms with Crippen LogP contribution in [0.3, 0.4) is 0 Å². The van der Waals surface area contributed by atoms with Gasteiger partial charge in [0.05, 0.1) is 23.3 Å². The maximum Gasteiger partial charge on any atom is 0.272 e. The summed E-state index contributed by atoms with van der Waals surface area (Å²) in [5.74, 6) is -0.0401. The quantitative estimate of drug-likeness (QED) is 0.515. The fourth-order valence-electron chi connectivity index (χ4n) is 3.05. The molecule has 0 saturated heterocycles. The minimum atomic E-state index is -0.348. The molecule has 144 valence electrons. The number of hydrogen-bond donors (Lipinski definition) is 0. The van der Waals surface area contributed by atoms with Crippen LogP contribution in [-0.4, -0.2) is 18.9 Å². The zero-order chi connectivity index (χ0) is 20.4. The summed E-state index contributed by atoms with van der Waals surface area (Å²) in [6, 6.07) is 23.3. The molecule has 0 saturated carbocycles. The van der Waals surface area contributed by atoms with E-state index in [1.165, 1.54) is 16.7 Å². The number of hydrogen-bond acceptors (Lipinski definition) is 4. The lowest BCUT2D eigenvalue weighted by molar-refractivity contribution is -0.119. The zero-order valence-electron chi connectivity index (χ0n) is 15.5. The molecule has 4 nitrogen and oxygen atoms in total. The van der Waals surface area contributed by atoms with Crippen LogP contribution in [0.2, 0.25) is 5.02 Å². The number of nitrogens with zero attached hydrogens (tertiary/aromatic N) is 1. The fraction of sp³-hybridized carbons (Fsp3) is 0.0435. The van der Waals surface area contributed by atoms with Crippen molar-refractivity contribution in [2.75, 3.05) is 12.0 Å². The number of halogens is 1. The second kappa shape index (κ2) is 8.15. The topological polar surface area (TPSA) is 46.6 Å². The SMILES string of the molecule is COc1ccc(N2C(=O)C(Sc3ccc(Cl)cc3)=C(c3ccccc3)C2=O)cc1. The standard InChI is InChI=1S/C23H16ClNO3S/c1-28-18-11-9-17(10-12-18)25-22(26)20(15-5-3-2-4-6-15)21(23(25)27)29-19-13-7-16(24)8-14-19/h2-14H,1H3. The Morgan fingerprint density at radius 3 is 2.10 bits per heavy atom. The molecule has 29 heavy (non-hydrogen) atoms. The predicted molar refractivity (Wildman–Crippen MR) is 116 cm³/mol. The lowest BCUT2D eigenvalue weighted by atomic mass is 10.1. The number of thioether (sulfide) groups is 1. The summed E-state index contributed by atoms with van der Waals surface area (Å²) in [4.78, 5) is 29.0. The van der Waals surface area contributed by atoms with Gasteiger partial charge in [0.15, 0.2) is 0 Å². The van der Waals surface area contributed by atoms with E-state index in [0.717, 1.165) is 4.90 Å². The van der Waals surface area contributed by atoms with Crippen LogP contribution in [0.5, 0.6) is 5.75 Å². The summed E-state index contributed by atoms with van der Waals surface area (Å²) in [7, 11) is 1.57. The van der Waals surface area contributed by atoms with Crippen molar-refractivity contribution in [1.29, 1.82) is 0 Å². The first-order valence-electron chi connectivity index (χ1n) is 8.84. The van der Waals surface area contributed by atoms with Gasteiger partial charge in [0.25, 0.3) is 11.8 Å². The molecule has 4 rings (SSSR count). The summed E-state index contributed by atoms with van der Waals surface area (Å²) in [6.45, 7) is 0. The second-order valence-electron chi connectivity index (χ2n) is 6.27. The summed E-state index contributed by atoms with van der Waals surface area (Å²) < 4.78 is 5.17. The summed E-state index contributed by atoms with van der Waals surface area (Å²) >= 11 is 7.24. The maximum atomic E-state index is 13.3. The van der Waals surface area contributed by atoms with Gasteiger partial charge in [-0.25, -0.2) is 4.90 Å². The van der Waals surface area contributed by atoms with Crippen molar-refractivity contribution in [1.82, 2.24) is 0 Å². The summed E-state index contributed by atoms with van der Waals surface area (Å²) in [5, 5.41) is 0.611. The fourth-order valence-corrected chi connectivity index (χ4v) is 4.17. The van der Waals surface area contributed by atoms with E-state index >= 15 is 0 Å². The number of methoxy groups -OCH3 is 1. The zero-order valence-corrected chi connectivity index (χ0v) is 17.0. The molecule has 1 aliphatic rings. The first kappa shape index (κ1) is 19.3. The van der Waals surface area contributed by atoms with Gasteiger partial charge in [-0.05, 0) is 54.1 Å². The van der Waals surface area contributed by atoms with Gasteiger partial charge in [-0.2, -0.15) is 0 Å². The number of imide groups is 1. The molecular weight excluding hydrogens is 406 g/mol. The number of anilines is 1. The summed E-state index contributed by atoms with van der Waals surface area (Å²) in [5.41, 5.74) is 1.60. The first-order chi connectivity index (χ1) is 14.1. The lowest BCUT2D eigenvalue weighted by Crippen LogP contribution is -2.31. The largest absolute Gasteiger partial charge is 0.497 e. The average molecular weight is 422 g/mol. The van der Waals surface area contributed by atoms with Crippen LogP contribution in [0.1, 0.15) is 5.56 Å². The van der Waals surface area contributed by atoms with Crippen molar-refractivity contribution in [3.05, 3.63) is 94.4 Å². The van der Waals surface area contributed by atoms with E-state index < -0.39 is 0 Å². The summed E-state index contributed by atoms with van der Waals surface area (Å²) in [6.07, 6.45) is 0. The molecule has 1 heterocycles. The van der Waals surface area contributed by atoms with Crippen molar-refractivity contribution in [2.24, 2.45) is 0 Å². The molecule has 0 unspecified atom stereocenters. The van der Waals surface area contributed by atoms with E-state index in [1.807, 2.05) is 42.5 Å². The van der Waals surface area contributed by atoms with Gasteiger partial charge in [0.2, 0.25) is 0 Å². The molecule has 0 fully saturated rings. The number of ether oxygens (including phenoxy) is 1. The third-order valence-electron chi connectivity index (χ3n) is 4.47. The molecule has 0 spiro atoms. The van der Waals surface area contributed by atoms with Gasteiger partial charge in [0, 0.05) is 9.92 Å². The minimum absolute atomic E-state index is 0.345. The van der Waals surface area contributed by atoms with Gasteiger partial charge in [-0.15, -0.1) is 0 Å². The Balaban J connectivity index is 1.78. The van der Waals surface area contributed by atoms with Crippen LogP contribution in [0, 0.1) is 0 Å². The van der Waals surface area contributed by atoms with Gasteiger partial charge < -0.3 is 4.74 Å². The predicted octanol–water partition coefficient (Wildman–Crippen LogP) is 5.43. The Hall–Kier alpha value is -3.02. The third kappa shape index (κ3) is 3.79. The van der Waals surface area contributed by atoms with Crippen LogP contribution in [0.15, 0.2) is 88.7 Å². The van der Waals surface area contributed by atoms with E-state index in [-0.39, 0.29) is 11.8 Å². The van der Waals surface area contributed by atoms with Crippen LogP contribution in [-0.2, 0) is 9.59 Å². The molecule has 3 aromatic rings. The third-order valence-corrected chi connectivity index (χ3v) is 5.81. The molecule has 6 heteroatoms. The molecule has 0 N–H and O–H groups in total. The van der Waals surface area contributed by atoms with Crippen molar-refractivity contribution < 1.29 is 14.3 Å². The van der Waals surface area contributed by atoms with Crippen molar-refractivity contribution in [3.8, 4) is 5.75 Å². The molecule has 0 radical (unpaired) electrons. The van der Waals surface area contributed by atoms with Gasteiger partial charge in [0.1, 0.15) is 5.75 Å². The molecule has 0 atom stereocenters. The highest BCUT2D eigenvalue weighted by atomic mass is 35.5. The smallest absolute Gasteiger partial charge is 0.272 e. The molecular formula is C23H16ClNO3S. The highest BCUT2D eigenvalue weighted by Crippen LogP contribution is 2.41. The van der Waals surface area contributed by atoms with Gasteiger partial charge in [-0.3, -0.25) is 9.59 Å². The first-order valence-corrected chi connectivity index (χ1v) is 10.0. The van der Waals surface area contributed by atoms with Crippen molar-refractivity contribution in [3.63, 3.8) is 0 Å². The van der Waals surface area contributed by atoms with Crippen LogP contribution < -0.4 is 9.64 Å². The van der Waals surface area contributed by atoms with E-state index in [2.05, 4.69) is 0 Å². The Kier molecular flexibility index (Phi) is 5.43. The van der Waals surface area contributed by atoms with Gasteiger partial charge >= 0.3 is 0 Å². The number of benzene rings is 3. The van der Waals surface area contributed by atoms with E-state index in [4.69, 9.17) is 16.3 Å². The Morgan fingerprint density at radius 2 is 1.48 bits per heavy atom. The molecule has 0 aliphatic carbocycles. The highest BCUT2D eigenvalue weighted by Gasteiger charge is 2.40. The lowest BCUT2D eigenvalue weighted by Gasteiger charge is -2.15. The number of carbonyl (C=O) groups is 2. The van der Waals surface area contributed by atoms with Crippen LogP contribution >= 0.6 is 23.4 Å². The molecule has 0 bridgehead atoms. The van der Waals surface area contributed by atoms with Crippen LogP contribution in [0.25, 0.3) is 5.57 Å². The molecule has 2 amide bonds. The van der Waals surface area contributed by atoms with Gasteiger partial charge in [-0.1, -0.05) is 53.7 Å². The number of carbonyl (C=O) groups excluding carboxylic acids is 2. The Bertz CT molecular complexity index is 1090. The molecule has 1 aliphatic heterocycles. The van der Waals surface area contributed by atoms with E-state index in [9.17, 15) is 9.59 Å². The average Bonchev–Trinajstić information content (AvgIpc) is 3.00.